The maximum atomic E-state index is 13.1. The summed E-state index contributed by atoms with van der Waals surface area (Å²) in [5.41, 5.74) is 6.45. The van der Waals surface area contributed by atoms with Crippen molar-refractivity contribution in [2.75, 3.05) is 0 Å². The number of rotatable bonds is 6. The SMILES string of the molecule is Cc1c(C)n(Cc2ccccc2)c2c(OCc3ccc(F)cc3)ccnc12.O=S(=O)(O)c1ccccc1. The Morgan fingerprint density at radius 3 is 2.08 bits per heavy atom. The summed E-state index contributed by atoms with van der Waals surface area (Å²) in [7, 11) is -4.00. The molecule has 6 nitrogen and oxygen atoms in total. The molecule has 0 unspecified atom stereocenters. The minimum Gasteiger partial charge on any atom is -0.487 e. The van der Waals surface area contributed by atoms with E-state index >= 15 is 0 Å². The zero-order chi connectivity index (χ0) is 26.4. The fraction of sp³-hybridized carbons (Fsp3) is 0.138. The number of hydrogen-bond acceptors (Lipinski definition) is 4. The average Bonchev–Trinajstić information content (AvgIpc) is 3.15. The summed E-state index contributed by atoms with van der Waals surface area (Å²) in [6.07, 6.45) is 1.78. The highest BCUT2D eigenvalue weighted by molar-refractivity contribution is 7.85. The van der Waals surface area contributed by atoms with Crippen molar-refractivity contribution in [2.24, 2.45) is 0 Å². The fourth-order valence-corrected chi connectivity index (χ4v) is 4.43. The molecule has 0 spiro atoms. The lowest BCUT2D eigenvalue weighted by Crippen LogP contribution is -2.04. The minimum atomic E-state index is -4.00. The molecule has 5 rings (SSSR count). The van der Waals surface area contributed by atoms with E-state index in [1.807, 2.05) is 24.3 Å². The standard InChI is InChI=1S/C23H21FN2O.C6H6O3S/c1-16-17(2)26(14-18-6-4-3-5-7-18)23-21(12-13-25-22(16)23)27-15-19-8-10-20(24)11-9-19;7-10(8,9)6-4-2-1-3-5-6/h3-13H,14-15H2,1-2H3;1-5H,(H,7,8,9). The summed E-state index contributed by atoms with van der Waals surface area (Å²) in [6, 6.07) is 26.1. The van der Waals surface area contributed by atoms with Gasteiger partial charge in [-0.3, -0.25) is 9.54 Å². The highest BCUT2D eigenvalue weighted by atomic mass is 32.2. The van der Waals surface area contributed by atoms with Gasteiger partial charge in [0.05, 0.1) is 10.4 Å². The van der Waals surface area contributed by atoms with Gasteiger partial charge in [0.25, 0.3) is 10.1 Å². The lowest BCUT2D eigenvalue weighted by atomic mass is 10.2. The van der Waals surface area contributed by atoms with Crippen LogP contribution in [0.2, 0.25) is 0 Å². The van der Waals surface area contributed by atoms with E-state index in [0.717, 1.165) is 34.5 Å². The molecule has 3 aromatic carbocycles. The van der Waals surface area contributed by atoms with Crippen LogP contribution in [-0.4, -0.2) is 22.5 Å². The van der Waals surface area contributed by atoms with Gasteiger partial charge in [-0.05, 0) is 54.8 Å². The zero-order valence-corrected chi connectivity index (χ0v) is 21.3. The van der Waals surface area contributed by atoms with Crippen molar-refractivity contribution in [2.45, 2.75) is 31.9 Å². The van der Waals surface area contributed by atoms with Crippen molar-refractivity contribution in [1.82, 2.24) is 9.55 Å². The van der Waals surface area contributed by atoms with Crippen LogP contribution in [0.3, 0.4) is 0 Å². The van der Waals surface area contributed by atoms with Gasteiger partial charge in [-0.1, -0.05) is 60.7 Å². The summed E-state index contributed by atoms with van der Waals surface area (Å²) in [5, 5.41) is 0. The molecule has 0 aliphatic carbocycles. The third-order valence-electron chi connectivity index (χ3n) is 5.99. The Kier molecular flexibility index (Phi) is 8.01. The molecule has 0 amide bonds. The topological polar surface area (TPSA) is 81.4 Å². The number of aromatic nitrogens is 2. The second-order valence-electron chi connectivity index (χ2n) is 8.49. The summed E-state index contributed by atoms with van der Waals surface area (Å²) in [5.74, 6) is 0.546. The van der Waals surface area contributed by atoms with Crippen molar-refractivity contribution in [1.29, 1.82) is 0 Å². The molecular weight excluding hydrogens is 491 g/mol. The number of benzene rings is 3. The van der Waals surface area contributed by atoms with Crippen LogP contribution in [0.1, 0.15) is 22.4 Å². The van der Waals surface area contributed by atoms with Crippen LogP contribution in [-0.2, 0) is 23.3 Å². The van der Waals surface area contributed by atoms with Crippen molar-refractivity contribution in [3.8, 4) is 5.75 Å². The van der Waals surface area contributed by atoms with Crippen molar-refractivity contribution < 1.29 is 22.1 Å². The van der Waals surface area contributed by atoms with Crippen molar-refractivity contribution in [3.63, 3.8) is 0 Å². The highest BCUT2D eigenvalue weighted by Gasteiger charge is 2.17. The molecule has 0 fully saturated rings. The number of halogens is 1. The normalized spacial score (nSPS) is 11.1. The fourth-order valence-electron chi connectivity index (χ4n) is 3.93. The Morgan fingerprint density at radius 2 is 1.49 bits per heavy atom. The van der Waals surface area contributed by atoms with Crippen LogP contribution < -0.4 is 4.74 Å². The lowest BCUT2D eigenvalue weighted by molar-refractivity contribution is 0.308. The Bertz CT molecular complexity index is 1580. The maximum absolute atomic E-state index is 13.1. The molecule has 0 bridgehead atoms. The summed E-state index contributed by atoms with van der Waals surface area (Å²) < 4.78 is 50.7. The van der Waals surface area contributed by atoms with Crippen molar-refractivity contribution in [3.05, 3.63) is 125 Å². The zero-order valence-electron chi connectivity index (χ0n) is 20.5. The van der Waals surface area contributed by atoms with Gasteiger partial charge in [0.15, 0.2) is 0 Å². The quantitative estimate of drug-likeness (QED) is 0.265. The molecule has 1 N–H and O–H groups in total. The summed E-state index contributed by atoms with van der Waals surface area (Å²) >= 11 is 0. The summed E-state index contributed by atoms with van der Waals surface area (Å²) in [6.45, 7) is 5.35. The van der Waals surface area contributed by atoms with Crippen LogP contribution in [0.25, 0.3) is 11.0 Å². The molecule has 0 aliphatic heterocycles. The lowest BCUT2D eigenvalue weighted by Gasteiger charge is -2.13. The van der Waals surface area contributed by atoms with E-state index in [1.165, 1.54) is 35.5 Å². The monoisotopic (exact) mass is 518 g/mol. The Balaban J connectivity index is 0.000000270. The summed E-state index contributed by atoms with van der Waals surface area (Å²) in [4.78, 5) is 4.51. The van der Waals surface area contributed by atoms with E-state index in [2.05, 4.69) is 35.5 Å². The number of pyridine rings is 1. The van der Waals surface area contributed by atoms with E-state index in [4.69, 9.17) is 9.29 Å². The molecule has 0 saturated heterocycles. The molecule has 0 aliphatic rings. The maximum Gasteiger partial charge on any atom is 0.294 e. The predicted octanol–water partition coefficient (Wildman–Crippen LogP) is 6.35. The van der Waals surface area contributed by atoms with E-state index in [1.54, 1.807) is 36.5 Å². The van der Waals surface area contributed by atoms with Crippen molar-refractivity contribution >= 4 is 21.2 Å². The van der Waals surface area contributed by atoms with Crippen LogP contribution in [0, 0.1) is 19.7 Å². The van der Waals surface area contributed by atoms with E-state index in [9.17, 15) is 12.8 Å². The largest absolute Gasteiger partial charge is 0.487 e. The highest BCUT2D eigenvalue weighted by Crippen LogP contribution is 2.32. The number of hydrogen-bond donors (Lipinski definition) is 1. The van der Waals surface area contributed by atoms with Gasteiger partial charge in [0, 0.05) is 24.5 Å². The number of nitrogens with zero attached hydrogens (tertiary/aromatic N) is 2. The molecule has 0 atom stereocenters. The molecular formula is C29H27FN2O4S. The predicted molar refractivity (Wildman–Crippen MR) is 142 cm³/mol. The first-order valence-electron chi connectivity index (χ1n) is 11.6. The Hall–Kier alpha value is -4.01. The van der Waals surface area contributed by atoms with Gasteiger partial charge in [-0.2, -0.15) is 8.42 Å². The minimum absolute atomic E-state index is 0.0741. The van der Waals surface area contributed by atoms with Crippen LogP contribution >= 0.6 is 0 Å². The number of fused-ring (bicyclic) bond motifs is 1. The molecule has 2 heterocycles. The van der Waals surface area contributed by atoms with Gasteiger partial charge in [-0.15, -0.1) is 0 Å². The first-order valence-corrected chi connectivity index (χ1v) is 13.1. The molecule has 8 heteroatoms. The van der Waals surface area contributed by atoms with E-state index in [0.29, 0.717) is 6.61 Å². The first kappa shape index (κ1) is 26.1. The molecule has 190 valence electrons. The number of aryl methyl sites for hydroxylation is 1. The van der Waals surface area contributed by atoms with Gasteiger partial charge in [0.2, 0.25) is 0 Å². The molecule has 5 aromatic rings. The molecule has 37 heavy (non-hydrogen) atoms. The average molecular weight is 519 g/mol. The van der Waals surface area contributed by atoms with Gasteiger partial charge in [0.1, 0.15) is 23.7 Å². The smallest absolute Gasteiger partial charge is 0.294 e. The molecule has 0 radical (unpaired) electrons. The van der Waals surface area contributed by atoms with Gasteiger partial charge < -0.3 is 9.30 Å². The number of ether oxygens (including phenoxy) is 1. The van der Waals surface area contributed by atoms with Crippen LogP contribution in [0.15, 0.2) is 102 Å². The van der Waals surface area contributed by atoms with E-state index < -0.39 is 10.1 Å². The molecule has 2 aromatic heterocycles. The van der Waals surface area contributed by atoms with Crippen LogP contribution in [0.5, 0.6) is 5.75 Å². The van der Waals surface area contributed by atoms with E-state index in [-0.39, 0.29) is 10.7 Å². The second-order valence-corrected chi connectivity index (χ2v) is 9.91. The Labute approximate surface area is 215 Å². The Morgan fingerprint density at radius 1 is 0.865 bits per heavy atom. The molecule has 0 saturated carbocycles. The van der Waals surface area contributed by atoms with Gasteiger partial charge >= 0.3 is 0 Å². The first-order chi connectivity index (χ1) is 17.7. The van der Waals surface area contributed by atoms with Crippen LogP contribution in [0.4, 0.5) is 4.39 Å². The second kappa shape index (κ2) is 11.4. The van der Waals surface area contributed by atoms with Gasteiger partial charge in [-0.25, -0.2) is 4.39 Å². The third-order valence-corrected chi connectivity index (χ3v) is 6.86. The third kappa shape index (κ3) is 6.41.